The summed E-state index contributed by atoms with van der Waals surface area (Å²) in [6, 6.07) is 6.80. The number of amides is 2. The van der Waals surface area contributed by atoms with E-state index < -0.39 is 59.0 Å². The highest BCUT2D eigenvalue weighted by Gasteiger charge is 2.64. The van der Waals surface area contributed by atoms with Crippen LogP contribution in [0.15, 0.2) is 40.9 Å². The topological polar surface area (TPSA) is 98.1 Å². The first-order valence-electron chi connectivity index (χ1n) is 9.73. The molecule has 2 N–H and O–H groups in total. The van der Waals surface area contributed by atoms with Crippen molar-refractivity contribution in [3.05, 3.63) is 63.6 Å². The first kappa shape index (κ1) is 28.7. The predicted octanol–water partition coefficient (Wildman–Crippen LogP) is 6.25. The highest BCUT2D eigenvalue weighted by molar-refractivity contribution is 9.10. The summed E-state index contributed by atoms with van der Waals surface area (Å²) in [5.74, 6) is -9.73. The quantitative estimate of drug-likeness (QED) is 0.329. The van der Waals surface area contributed by atoms with E-state index in [0.29, 0.717) is 7.05 Å². The molecule has 8 nitrogen and oxygen atoms in total. The zero-order valence-electron chi connectivity index (χ0n) is 18.3. The summed E-state index contributed by atoms with van der Waals surface area (Å²) < 4.78 is 123. The van der Waals surface area contributed by atoms with Crippen molar-refractivity contribution >= 4 is 39.4 Å². The minimum Gasteiger partial charge on any atom is -0.391 e. The second kappa shape index (κ2) is 10.1. The van der Waals surface area contributed by atoms with Gasteiger partial charge < -0.3 is 10.1 Å². The van der Waals surface area contributed by atoms with E-state index >= 15 is 0 Å². The van der Waals surface area contributed by atoms with Crippen molar-refractivity contribution in [1.29, 1.82) is 0 Å². The van der Waals surface area contributed by atoms with Gasteiger partial charge in [-0.05, 0) is 52.3 Å². The Kier molecular flexibility index (Phi) is 7.67. The summed E-state index contributed by atoms with van der Waals surface area (Å²) in [5.41, 5.74) is -5.55. The van der Waals surface area contributed by atoms with Crippen molar-refractivity contribution in [2.75, 3.05) is 10.6 Å². The Bertz CT molecular complexity index is 1370. The Labute approximate surface area is 213 Å². The lowest BCUT2D eigenvalue weighted by atomic mass is 10.1. The highest BCUT2D eigenvalue weighted by Crippen LogP contribution is 2.50. The number of ether oxygens (including phenoxy) is 1. The molecule has 38 heavy (non-hydrogen) atoms. The van der Waals surface area contributed by atoms with Crippen molar-refractivity contribution in [3.8, 4) is 5.88 Å². The van der Waals surface area contributed by atoms with Gasteiger partial charge in [0.05, 0.1) is 0 Å². The SMILES string of the molecule is Cn1nc(C(F)(F)C(F)(F)F)c(C(F)(F)F)c1OC(=O)Nc1ccc(Br)c(C(=O)Nc2ccc(F)cc2)n1. The molecule has 0 fully saturated rings. The second-order valence-electron chi connectivity index (χ2n) is 7.22. The lowest BCUT2D eigenvalue weighted by Crippen LogP contribution is -2.36. The van der Waals surface area contributed by atoms with Crippen LogP contribution in [0.3, 0.4) is 0 Å². The van der Waals surface area contributed by atoms with E-state index in [1.54, 1.807) is 0 Å². The average molecular weight is 620 g/mol. The molecule has 0 radical (unpaired) electrons. The van der Waals surface area contributed by atoms with Crippen LogP contribution in [0.25, 0.3) is 0 Å². The van der Waals surface area contributed by atoms with Gasteiger partial charge in [-0.2, -0.15) is 40.2 Å². The second-order valence-corrected chi connectivity index (χ2v) is 8.08. The lowest BCUT2D eigenvalue weighted by Gasteiger charge is -2.19. The molecule has 1 aromatic carbocycles. The number of benzene rings is 1. The Morgan fingerprint density at radius 2 is 1.55 bits per heavy atom. The van der Waals surface area contributed by atoms with Crippen LogP contribution in [0.4, 0.5) is 55.8 Å². The standard InChI is InChI=1S/C20H11BrF9N5O3/c1-35-16(12(19(25,26)27)14(34-35)18(23,24)20(28,29)30)38-17(37)33-11-7-6-10(21)13(32-11)15(36)31-9-4-2-8(22)3-5-9/h2-7H,1H3,(H,31,36)(H,32,33,37). The third kappa shape index (κ3) is 6.00. The molecular weight excluding hydrogens is 609 g/mol. The van der Waals surface area contributed by atoms with Gasteiger partial charge in [0.25, 0.3) is 5.91 Å². The van der Waals surface area contributed by atoms with Gasteiger partial charge >= 0.3 is 24.4 Å². The van der Waals surface area contributed by atoms with Gasteiger partial charge in [-0.15, -0.1) is 0 Å². The Morgan fingerprint density at radius 3 is 2.11 bits per heavy atom. The number of aromatic nitrogens is 3. The molecule has 0 atom stereocenters. The van der Waals surface area contributed by atoms with E-state index in [4.69, 9.17) is 0 Å². The number of rotatable bonds is 5. The lowest BCUT2D eigenvalue weighted by molar-refractivity contribution is -0.292. The van der Waals surface area contributed by atoms with Gasteiger partial charge in [-0.25, -0.2) is 18.9 Å². The first-order chi connectivity index (χ1) is 17.4. The molecule has 0 bridgehead atoms. The van der Waals surface area contributed by atoms with Crippen LogP contribution < -0.4 is 15.4 Å². The smallest absolute Gasteiger partial charge is 0.391 e. The van der Waals surface area contributed by atoms with Gasteiger partial charge in [-0.1, -0.05) is 0 Å². The molecular formula is C20H11BrF9N5O3. The number of alkyl halides is 8. The molecule has 0 aliphatic carbocycles. The fourth-order valence-electron chi connectivity index (χ4n) is 2.85. The van der Waals surface area contributed by atoms with Gasteiger partial charge in [0.2, 0.25) is 5.88 Å². The van der Waals surface area contributed by atoms with Crippen molar-refractivity contribution < 1.29 is 53.8 Å². The van der Waals surface area contributed by atoms with Gasteiger partial charge in [0, 0.05) is 17.2 Å². The van der Waals surface area contributed by atoms with Crippen molar-refractivity contribution in [1.82, 2.24) is 14.8 Å². The number of nitrogens with one attached hydrogen (secondary N) is 2. The fraction of sp³-hybridized carbons (Fsp3) is 0.200. The van der Waals surface area contributed by atoms with E-state index in [9.17, 15) is 49.1 Å². The van der Waals surface area contributed by atoms with Crippen LogP contribution in [0, 0.1) is 5.82 Å². The summed E-state index contributed by atoms with van der Waals surface area (Å²) in [4.78, 5) is 28.5. The Morgan fingerprint density at radius 1 is 0.947 bits per heavy atom. The number of aryl methyl sites for hydroxylation is 1. The van der Waals surface area contributed by atoms with Gasteiger partial charge in [-0.3, -0.25) is 10.1 Å². The summed E-state index contributed by atoms with van der Waals surface area (Å²) >= 11 is 3.03. The highest BCUT2D eigenvalue weighted by atomic mass is 79.9. The molecule has 3 aromatic rings. The van der Waals surface area contributed by atoms with E-state index in [0.717, 1.165) is 18.2 Å². The van der Waals surface area contributed by atoms with E-state index in [1.165, 1.54) is 18.2 Å². The molecule has 2 amide bonds. The molecule has 0 aliphatic heterocycles. The first-order valence-corrected chi connectivity index (χ1v) is 10.5. The zero-order chi connectivity index (χ0) is 28.6. The van der Waals surface area contributed by atoms with E-state index in [-0.39, 0.29) is 20.5 Å². The summed E-state index contributed by atoms with van der Waals surface area (Å²) in [7, 11) is 0.545. The van der Waals surface area contributed by atoms with Crippen LogP contribution in [-0.2, 0) is 19.1 Å². The summed E-state index contributed by atoms with van der Waals surface area (Å²) in [5, 5.41) is 6.79. The number of nitrogens with zero attached hydrogens (tertiary/aromatic N) is 3. The normalized spacial score (nSPS) is 12.3. The molecule has 0 spiro atoms. The predicted molar refractivity (Wildman–Crippen MR) is 114 cm³/mol. The van der Waals surface area contributed by atoms with Crippen LogP contribution in [-0.4, -0.2) is 32.9 Å². The number of carbonyl (C=O) groups excluding carboxylic acids is 2. The maximum absolute atomic E-state index is 13.7. The number of hydrogen-bond donors (Lipinski definition) is 2. The number of pyridine rings is 1. The minimum absolute atomic E-state index is 0.0843. The Hall–Kier alpha value is -3.83. The molecule has 204 valence electrons. The molecule has 0 saturated heterocycles. The molecule has 18 heteroatoms. The maximum atomic E-state index is 13.7. The molecule has 3 rings (SSSR count). The van der Waals surface area contributed by atoms with E-state index in [1.807, 2.05) is 5.32 Å². The number of hydrogen-bond acceptors (Lipinski definition) is 5. The Balaban J connectivity index is 1.87. The maximum Gasteiger partial charge on any atom is 0.459 e. The molecule has 0 saturated carbocycles. The molecule has 2 heterocycles. The monoisotopic (exact) mass is 619 g/mol. The largest absolute Gasteiger partial charge is 0.459 e. The van der Waals surface area contributed by atoms with Gasteiger partial charge in [0.15, 0.2) is 5.69 Å². The number of halogens is 10. The van der Waals surface area contributed by atoms with Crippen LogP contribution >= 0.6 is 15.9 Å². The zero-order valence-corrected chi connectivity index (χ0v) is 19.9. The average Bonchev–Trinajstić information content (AvgIpc) is 3.12. The van der Waals surface area contributed by atoms with Crippen LogP contribution in [0.2, 0.25) is 0 Å². The van der Waals surface area contributed by atoms with E-state index in [2.05, 4.69) is 36.1 Å². The van der Waals surface area contributed by atoms with Crippen LogP contribution in [0.5, 0.6) is 5.88 Å². The molecule has 0 unspecified atom stereocenters. The van der Waals surface area contributed by atoms with Crippen molar-refractivity contribution in [2.45, 2.75) is 18.3 Å². The number of carbonyl (C=O) groups is 2. The van der Waals surface area contributed by atoms with Gasteiger partial charge in [0.1, 0.15) is 22.9 Å². The summed E-state index contributed by atoms with van der Waals surface area (Å²) in [6.45, 7) is 0. The molecule has 0 aliphatic rings. The summed E-state index contributed by atoms with van der Waals surface area (Å²) in [6.07, 6.45) is -14.1. The minimum atomic E-state index is -6.44. The fourth-order valence-corrected chi connectivity index (χ4v) is 3.25. The number of anilines is 2. The third-order valence-corrected chi connectivity index (χ3v) is 5.15. The van der Waals surface area contributed by atoms with Crippen molar-refractivity contribution in [2.24, 2.45) is 7.05 Å². The molecule has 2 aromatic heterocycles. The van der Waals surface area contributed by atoms with Crippen LogP contribution in [0.1, 0.15) is 21.7 Å². The van der Waals surface area contributed by atoms with Crippen molar-refractivity contribution in [3.63, 3.8) is 0 Å². The third-order valence-electron chi connectivity index (χ3n) is 4.51.